The quantitative estimate of drug-likeness (QED) is 0.683. The molecule has 1 saturated carbocycles. The zero-order valence-electron chi connectivity index (χ0n) is 9.71. The van der Waals surface area contributed by atoms with E-state index in [1.165, 1.54) is 11.1 Å². The minimum atomic E-state index is 0.0603. The first-order valence-corrected chi connectivity index (χ1v) is 5.64. The van der Waals surface area contributed by atoms with E-state index in [1.54, 1.807) is 0 Å². The Balaban J connectivity index is 2.38. The summed E-state index contributed by atoms with van der Waals surface area (Å²) in [6, 6.07) is 8.61. The average molecular weight is 202 g/mol. The van der Waals surface area contributed by atoms with E-state index >= 15 is 0 Å². The van der Waals surface area contributed by atoms with Gasteiger partial charge in [-0.1, -0.05) is 43.7 Å². The summed E-state index contributed by atoms with van der Waals surface area (Å²) in [6.07, 6.45) is 1.74. The van der Waals surface area contributed by atoms with Crippen molar-refractivity contribution in [2.45, 2.75) is 39.0 Å². The van der Waals surface area contributed by atoms with Crippen LogP contribution in [0.15, 0.2) is 24.3 Å². The second-order valence-electron chi connectivity index (χ2n) is 4.97. The third kappa shape index (κ3) is 1.60. The molecule has 0 heterocycles. The van der Waals surface area contributed by atoms with Crippen LogP contribution in [0.5, 0.6) is 0 Å². The maximum absolute atomic E-state index is 11.6. The highest BCUT2D eigenvalue weighted by atomic mass is 16.1. The van der Waals surface area contributed by atoms with Gasteiger partial charge in [-0.05, 0) is 18.9 Å². The van der Waals surface area contributed by atoms with Crippen molar-refractivity contribution in [3.8, 4) is 0 Å². The van der Waals surface area contributed by atoms with Crippen LogP contribution in [0, 0.1) is 12.8 Å². The summed E-state index contributed by atoms with van der Waals surface area (Å²) in [7, 11) is 0. The Labute approximate surface area is 91.5 Å². The number of aryl methyl sites for hydroxylation is 1. The van der Waals surface area contributed by atoms with Gasteiger partial charge >= 0.3 is 0 Å². The van der Waals surface area contributed by atoms with Gasteiger partial charge in [0.2, 0.25) is 0 Å². The Bertz CT molecular complexity index is 377. The van der Waals surface area contributed by atoms with Gasteiger partial charge in [0.05, 0.1) is 0 Å². The molecule has 0 saturated heterocycles. The van der Waals surface area contributed by atoms with Crippen molar-refractivity contribution in [1.82, 2.24) is 0 Å². The van der Waals surface area contributed by atoms with Crippen molar-refractivity contribution in [2.75, 3.05) is 0 Å². The van der Waals surface area contributed by atoms with Crippen molar-refractivity contribution >= 4 is 5.78 Å². The van der Waals surface area contributed by atoms with Gasteiger partial charge in [0.25, 0.3) is 0 Å². The first kappa shape index (κ1) is 10.4. The molecule has 0 radical (unpaired) electrons. The van der Waals surface area contributed by atoms with E-state index in [-0.39, 0.29) is 11.3 Å². The predicted octanol–water partition coefficient (Wildman–Crippen LogP) is 3.25. The highest BCUT2D eigenvalue weighted by molar-refractivity contribution is 5.85. The van der Waals surface area contributed by atoms with Crippen molar-refractivity contribution in [3.05, 3.63) is 35.4 Å². The Hall–Kier alpha value is -1.11. The molecule has 1 aromatic rings. The standard InChI is InChI=1S/C14H18O/c1-10-4-6-12(7-5-10)14(3)9-8-13(15)11(14)2/h4-7,11H,8-9H2,1-3H3/t11?,14-/m1/s1. The molecule has 2 rings (SSSR count). The molecular weight excluding hydrogens is 184 g/mol. The largest absolute Gasteiger partial charge is 0.299 e. The molecule has 0 spiro atoms. The summed E-state index contributed by atoms with van der Waals surface area (Å²) in [4.78, 5) is 11.6. The van der Waals surface area contributed by atoms with Crippen molar-refractivity contribution in [3.63, 3.8) is 0 Å². The molecular formula is C14H18O. The minimum Gasteiger partial charge on any atom is -0.299 e. The van der Waals surface area contributed by atoms with Crippen LogP contribution in [0.3, 0.4) is 0 Å². The third-order valence-corrected chi connectivity index (χ3v) is 4.04. The van der Waals surface area contributed by atoms with Crippen LogP contribution in [-0.4, -0.2) is 5.78 Å². The van der Waals surface area contributed by atoms with Gasteiger partial charge in [-0.2, -0.15) is 0 Å². The van der Waals surface area contributed by atoms with Crippen molar-refractivity contribution in [2.24, 2.45) is 5.92 Å². The monoisotopic (exact) mass is 202 g/mol. The topological polar surface area (TPSA) is 17.1 Å². The van der Waals surface area contributed by atoms with Crippen LogP contribution in [0.1, 0.15) is 37.8 Å². The van der Waals surface area contributed by atoms with Crippen LogP contribution < -0.4 is 0 Å². The normalized spacial score (nSPS) is 30.9. The number of carbonyl (C=O) groups is 1. The van der Waals surface area contributed by atoms with Gasteiger partial charge < -0.3 is 0 Å². The minimum absolute atomic E-state index is 0.0603. The fourth-order valence-corrected chi connectivity index (χ4v) is 2.50. The summed E-state index contributed by atoms with van der Waals surface area (Å²) in [5.41, 5.74) is 2.65. The zero-order chi connectivity index (χ0) is 11.1. The van der Waals surface area contributed by atoms with Gasteiger partial charge in [-0.15, -0.1) is 0 Å². The average Bonchev–Trinajstić information content (AvgIpc) is 2.48. The van der Waals surface area contributed by atoms with E-state index in [4.69, 9.17) is 0 Å². The lowest BCUT2D eigenvalue weighted by molar-refractivity contribution is -0.120. The molecule has 1 nitrogen and oxygen atoms in total. The molecule has 0 N–H and O–H groups in total. The lowest BCUT2D eigenvalue weighted by Gasteiger charge is -2.28. The molecule has 1 aliphatic rings. The van der Waals surface area contributed by atoms with E-state index in [0.717, 1.165) is 12.8 Å². The number of carbonyl (C=O) groups excluding carboxylic acids is 1. The molecule has 1 aromatic carbocycles. The SMILES string of the molecule is Cc1ccc([C@]2(C)CCC(=O)C2C)cc1. The molecule has 0 amide bonds. The van der Waals surface area contributed by atoms with Gasteiger partial charge in [-0.25, -0.2) is 0 Å². The first-order valence-electron chi connectivity index (χ1n) is 5.64. The number of hydrogen-bond acceptors (Lipinski definition) is 1. The zero-order valence-corrected chi connectivity index (χ0v) is 9.71. The van der Waals surface area contributed by atoms with E-state index in [2.05, 4.69) is 45.0 Å². The fourth-order valence-electron chi connectivity index (χ4n) is 2.50. The van der Waals surface area contributed by atoms with Crippen LogP contribution >= 0.6 is 0 Å². The molecule has 0 aliphatic heterocycles. The van der Waals surface area contributed by atoms with Gasteiger partial charge in [-0.3, -0.25) is 4.79 Å². The number of ketones is 1. The summed E-state index contributed by atoms with van der Waals surface area (Å²) in [5.74, 6) is 0.582. The van der Waals surface area contributed by atoms with E-state index in [1.807, 2.05) is 0 Å². The summed E-state index contributed by atoms with van der Waals surface area (Å²) in [6.45, 7) is 6.37. The summed E-state index contributed by atoms with van der Waals surface area (Å²) >= 11 is 0. The van der Waals surface area contributed by atoms with Crippen molar-refractivity contribution < 1.29 is 4.79 Å². The number of hydrogen-bond donors (Lipinski definition) is 0. The smallest absolute Gasteiger partial charge is 0.136 e. The molecule has 15 heavy (non-hydrogen) atoms. The van der Waals surface area contributed by atoms with E-state index in [9.17, 15) is 4.79 Å². The molecule has 1 unspecified atom stereocenters. The molecule has 0 bridgehead atoms. The highest BCUT2D eigenvalue weighted by Gasteiger charge is 2.42. The first-order chi connectivity index (χ1) is 7.04. The van der Waals surface area contributed by atoms with Crippen LogP contribution in [0.2, 0.25) is 0 Å². The summed E-state index contributed by atoms with van der Waals surface area (Å²) in [5, 5.41) is 0. The molecule has 80 valence electrons. The second kappa shape index (κ2) is 3.48. The van der Waals surface area contributed by atoms with E-state index < -0.39 is 0 Å². The van der Waals surface area contributed by atoms with Gasteiger partial charge in [0.1, 0.15) is 5.78 Å². The number of Topliss-reactive ketones (excluding diaryl/α,β-unsaturated/α-hetero) is 1. The number of benzene rings is 1. The lowest BCUT2D eigenvalue weighted by Crippen LogP contribution is -2.27. The molecule has 2 atom stereocenters. The molecule has 0 aromatic heterocycles. The predicted molar refractivity (Wildman–Crippen MR) is 61.9 cm³/mol. The molecule has 1 fully saturated rings. The molecule has 1 heteroatoms. The second-order valence-corrected chi connectivity index (χ2v) is 4.97. The Morgan fingerprint density at radius 2 is 1.87 bits per heavy atom. The van der Waals surface area contributed by atoms with Crippen LogP contribution in [0.25, 0.3) is 0 Å². The Morgan fingerprint density at radius 1 is 1.27 bits per heavy atom. The van der Waals surface area contributed by atoms with Gasteiger partial charge in [0, 0.05) is 17.8 Å². The van der Waals surface area contributed by atoms with Crippen molar-refractivity contribution in [1.29, 1.82) is 0 Å². The number of rotatable bonds is 1. The maximum Gasteiger partial charge on any atom is 0.136 e. The third-order valence-electron chi connectivity index (χ3n) is 4.04. The van der Waals surface area contributed by atoms with Crippen LogP contribution in [-0.2, 0) is 10.2 Å². The summed E-state index contributed by atoms with van der Waals surface area (Å²) < 4.78 is 0. The van der Waals surface area contributed by atoms with E-state index in [0.29, 0.717) is 5.78 Å². The maximum atomic E-state index is 11.6. The Kier molecular flexibility index (Phi) is 2.41. The lowest BCUT2D eigenvalue weighted by atomic mass is 9.74. The highest BCUT2D eigenvalue weighted by Crippen LogP contribution is 2.43. The Morgan fingerprint density at radius 3 is 2.33 bits per heavy atom. The fraction of sp³-hybridized carbons (Fsp3) is 0.500. The molecule has 1 aliphatic carbocycles. The van der Waals surface area contributed by atoms with Gasteiger partial charge in [0.15, 0.2) is 0 Å². The van der Waals surface area contributed by atoms with Crippen LogP contribution in [0.4, 0.5) is 0 Å².